The molecule has 5 aromatic rings. The van der Waals surface area contributed by atoms with Crippen LogP contribution in [0.5, 0.6) is 0 Å². The topological polar surface area (TPSA) is 74.8 Å². The molecule has 0 radical (unpaired) electrons. The van der Waals surface area contributed by atoms with Gasteiger partial charge in [-0.3, -0.25) is 14.8 Å². The Morgan fingerprint density at radius 2 is 1.41 bits per heavy atom. The van der Waals surface area contributed by atoms with E-state index in [1.165, 1.54) is 0 Å². The van der Waals surface area contributed by atoms with Crippen LogP contribution in [-0.4, -0.2) is 44.8 Å². The van der Waals surface area contributed by atoms with Crippen molar-refractivity contribution in [3.05, 3.63) is 91.3 Å². The lowest BCUT2D eigenvalue weighted by Gasteiger charge is -2.11. The van der Waals surface area contributed by atoms with Gasteiger partial charge in [0.25, 0.3) is 5.91 Å². The van der Waals surface area contributed by atoms with Gasteiger partial charge in [-0.1, -0.05) is 12.1 Å². The number of pyridine rings is 3. The summed E-state index contributed by atoms with van der Waals surface area (Å²) in [5, 5.41) is 1.06. The van der Waals surface area contributed by atoms with Gasteiger partial charge in [-0.2, -0.15) is 0 Å². The van der Waals surface area contributed by atoms with Crippen molar-refractivity contribution < 1.29 is 4.79 Å². The van der Waals surface area contributed by atoms with Gasteiger partial charge in [-0.25, -0.2) is 4.98 Å². The second kappa shape index (κ2) is 8.07. The quantitative estimate of drug-likeness (QED) is 0.442. The van der Waals surface area contributed by atoms with E-state index in [1.54, 1.807) is 25.2 Å². The van der Waals surface area contributed by atoms with Crippen LogP contribution in [0.3, 0.4) is 0 Å². The van der Waals surface area contributed by atoms with Gasteiger partial charge in [0.2, 0.25) is 0 Å². The molecule has 0 unspecified atom stereocenters. The standard InChI is InChI=1S/C26H21N5O/c1-31(2)26(32)18-5-3-17(4-6-18)19-11-20(14-27-13-19)21-12-22(16-28-15-21)23-7-9-29-25-24(23)8-10-30-25/h3-16H,1-2H3,(H,29,30). The molecule has 6 nitrogen and oxygen atoms in total. The van der Waals surface area contributed by atoms with Crippen LogP contribution in [0.2, 0.25) is 0 Å². The van der Waals surface area contributed by atoms with Gasteiger partial charge in [0.05, 0.1) is 0 Å². The minimum Gasteiger partial charge on any atom is -0.346 e. The summed E-state index contributed by atoms with van der Waals surface area (Å²) in [6.45, 7) is 0. The number of nitrogens with one attached hydrogen (secondary N) is 1. The molecular formula is C26H21N5O. The predicted molar refractivity (Wildman–Crippen MR) is 126 cm³/mol. The average molecular weight is 419 g/mol. The van der Waals surface area contributed by atoms with Gasteiger partial charge in [0, 0.05) is 84.5 Å². The van der Waals surface area contributed by atoms with Crippen LogP contribution in [0.1, 0.15) is 10.4 Å². The van der Waals surface area contributed by atoms with E-state index >= 15 is 0 Å². The minimum absolute atomic E-state index is 0.0149. The first kappa shape index (κ1) is 19.6. The first-order valence-electron chi connectivity index (χ1n) is 10.3. The summed E-state index contributed by atoms with van der Waals surface area (Å²) in [6.07, 6.45) is 11.1. The summed E-state index contributed by atoms with van der Waals surface area (Å²) < 4.78 is 0. The van der Waals surface area contributed by atoms with Crippen molar-refractivity contribution in [2.24, 2.45) is 0 Å². The highest BCUT2D eigenvalue weighted by Crippen LogP contribution is 2.31. The van der Waals surface area contributed by atoms with Crippen molar-refractivity contribution in [2.45, 2.75) is 0 Å². The van der Waals surface area contributed by atoms with Crippen LogP contribution >= 0.6 is 0 Å². The third kappa shape index (κ3) is 3.63. The van der Waals surface area contributed by atoms with E-state index < -0.39 is 0 Å². The zero-order valence-electron chi connectivity index (χ0n) is 17.8. The Morgan fingerprint density at radius 1 is 0.781 bits per heavy atom. The fourth-order valence-electron chi connectivity index (χ4n) is 3.78. The molecule has 0 fully saturated rings. The number of aromatic amines is 1. The average Bonchev–Trinajstić information content (AvgIpc) is 3.33. The summed E-state index contributed by atoms with van der Waals surface area (Å²) in [5.74, 6) is -0.0149. The predicted octanol–water partition coefficient (Wildman–Crippen LogP) is 5.06. The Balaban J connectivity index is 1.49. The molecule has 0 saturated heterocycles. The second-order valence-corrected chi connectivity index (χ2v) is 7.80. The molecule has 1 aromatic carbocycles. The lowest BCUT2D eigenvalue weighted by atomic mass is 9.99. The molecule has 1 N–H and O–H groups in total. The normalized spacial score (nSPS) is 10.9. The number of rotatable bonds is 4. The highest BCUT2D eigenvalue weighted by molar-refractivity contribution is 5.95. The van der Waals surface area contributed by atoms with Crippen molar-refractivity contribution in [3.8, 4) is 33.4 Å². The third-order valence-corrected chi connectivity index (χ3v) is 5.45. The molecular weight excluding hydrogens is 398 g/mol. The van der Waals surface area contributed by atoms with Crippen LogP contribution in [0.15, 0.2) is 85.7 Å². The van der Waals surface area contributed by atoms with Gasteiger partial charge in [-0.05, 0) is 47.5 Å². The highest BCUT2D eigenvalue weighted by Gasteiger charge is 2.10. The number of hydrogen-bond donors (Lipinski definition) is 1. The molecule has 0 spiro atoms. The van der Waals surface area contributed by atoms with E-state index in [0.717, 1.165) is 44.4 Å². The molecule has 0 aliphatic carbocycles. The molecule has 5 rings (SSSR count). The van der Waals surface area contributed by atoms with Crippen LogP contribution < -0.4 is 0 Å². The van der Waals surface area contributed by atoms with Crippen molar-refractivity contribution in [2.75, 3.05) is 14.1 Å². The summed E-state index contributed by atoms with van der Waals surface area (Å²) >= 11 is 0. The number of carbonyl (C=O) groups is 1. The monoisotopic (exact) mass is 419 g/mol. The summed E-state index contributed by atoms with van der Waals surface area (Å²) in [6, 6.07) is 15.8. The first-order valence-corrected chi connectivity index (χ1v) is 10.3. The van der Waals surface area contributed by atoms with E-state index in [2.05, 4.69) is 32.1 Å². The molecule has 0 bridgehead atoms. The molecule has 0 aliphatic rings. The number of hydrogen-bond acceptors (Lipinski definition) is 4. The second-order valence-electron chi connectivity index (χ2n) is 7.80. The summed E-state index contributed by atoms with van der Waals surface area (Å²) in [5.41, 5.74) is 7.56. The van der Waals surface area contributed by atoms with Crippen LogP contribution in [0, 0.1) is 0 Å². The Hall–Kier alpha value is -4.32. The smallest absolute Gasteiger partial charge is 0.253 e. The van der Waals surface area contributed by atoms with Gasteiger partial charge >= 0.3 is 0 Å². The third-order valence-electron chi connectivity index (χ3n) is 5.45. The lowest BCUT2D eigenvalue weighted by molar-refractivity contribution is 0.0827. The zero-order valence-corrected chi connectivity index (χ0v) is 17.8. The fourth-order valence-corrected chi connectivity index (χ4v) is 3.78. The van der Waals surface area contributed by atoms with E-state index in [1.807, 2.05) is 67.4 Å². The fraction of sp³-hybridized carbons (Fsp3) is 0.0769. The molecule has 4 aromatic heterocycles. The Morgan fingerprint density at radius 3 is 2.09 bits per heavy atom. The number of fused-ring (bicyclic) bond motifs is 1. The zero-order chi connectivity index (χ0) is 22.1. The molecule has 32 heavy (non-hydrogen) atoms. The van der Waals surface area contributed by atoms with Gasteiger partial charge in [0.1, 0.15) is 5.65 Å². The van der Waals surface area contributed by atoms with Crippen molar-refractivity contribution >= 4 is 16.9 Å². The SMILES string of the molecule is CN(C)C(=O)c1ccc(-c2cncc(-c3cncc(-c4ccnc5[nH]ccc45)c3)c2)cc1. The molecule has 156 valence electrons. The number of aromatic nitrogens is 4. The number of carbonyl (C=O) groups excluding carboxylic acids is 1. The largest absolute Gasteiger partial charge is 0.346 e. The first-order chi connectivity index (χ1) is 15.6. The highest BCUT2D eigenvalue weighted by atomic mass is 16.2. The Bertz CT molecular complexity index is 1420. The molecule has 0 atom stereocenters. The number of H-pyrrole nitrogens is 1. The number of nitrogens with zero attached hydrogens (tertiary/aromatic N) is 4. The maximum absolute atomic E-state index is 12.1. The maximum atomic E-state index is 12.1. The Labute approximate surface area is 185 Å². The number of amides is 1. The van der Waals surface area contributed by atoms with E-state index in [4.69, 9.17) is 0 Å². The molecule has 0 saturated carbocycles. The van der Waals surface area contributed by atoms with Gasteiger partial charge in [-0.15, -0.1) is 0 Å². The molecule has 6 heteroatoms. The molecule has 0 aliphatic heterocycles. The summed E-state index contributed by atoms with van der Waals surface area (Å²) in [7, 11) is 3.50. The van der Waals surface area contributed by atoms with Crippen molar-refractivity contribution in [3.63, 3.8) is 0 Å². The number of benzene rings is 1. The molecule has 4 heterocycles. The van der Waals surface area contributed by atoms with Crippen LogP contribution in [0.4, 0.5) is 0 Å². The van der Waals surface area contributed by atoms with E-state index in [9.17, 15) is 4.79 Å². The van der Waals surface area contributed by atoms with Crippen LogP contribution in [-0.2, 0) is 0 Å². The molecule has 1 amide bonds. The van der Waals surface area contributed by atoms with Crippen LogP contribution in [0.25, 0.3) is 44.4 Å². The van der Waals surface area contributed by atoms with Gasteiger partial charge < -0.3 is 9.88 Å². The van der Waals surface area contributed by atoms with Gasteiger partial charge in [0.15, 0.2) is 0 Å². The summed E-state index contributed by atoms with van der Waals surface area (Å²) in [4.78, 5) is 30.2. The van der Waals surface area contributed by atoms with E-state index in [0.29, 0.717) is 5.56 Å². The maximum Gasteiger partial charge on any atom is 0.253 e. The Kier molecular flexibility index (Phi) is 4.95. The van der Waals surface area contributed by atoms with E-state index in [-0.39, 0.29) is 5.91 Å². The van der Waals surface area contributed by atoms with Crippen molar-refractivity contribution in [1.29, 1.82) is 0 Å². The van der Waals surface area contributed by atoms with Crippen molar-refractivity contribution in [1.82, 2.24) is 24.8 Å². The minimum atomic E-state index is -0.0149. The lowest BCUT2D eigenvalue weighted by Crippen LogP contribution is -2.21.